The van der Waals surface area contributed by atoms with Gasteiger partial charge in [-0.05, 0) is 57.6 Å². The van der Waals surface area contributed by atoms with Crippen LogP contribution in [0.3, 0.4) is 0 Å². The summed E-state index contributed by atoms with van der Waals surface area (Å²) >= 11 is 0. The van der Waals surface area contributed by atoms with Gasteiger partial charge in [0, 0.05) is 0 Å². The summed E-state index contributed by atoms with van der Waals surface area (Å²) in [5, 5.41) is 0. The number of hydrogen-bond donors (Lipinski definition) is 0. The Morgan fingerprint density at radius 2 is 1.96 bits per heavy atom. The van der Waals surface area contributed by atoms with E-state index in [9.17, 15) is 9.59 Å². The molecule has 0 spiro atoms. The number of ether oxygens (including phenoxy) is 1. The normalized spacial score (nSPS) is 25.9. The van der Waals surface area contributed by atoms with Gasteiger partial charge in [-0.1, -0.05) is 36.4 Å². The van der Waals surface area contributed by atoms with Gasteiger partial charge in [0.1, 0.15) is 11.9 Å². The molecule has 3 heteroatoms. The molecule has 1 aromatic rings. The molecule has 128 valence electrons. The first kappa shape index (κ1) is 18.2. The largest absolute Gasteiger partial charge is 0.458 e. The van der Waals surface area contributed by atoms with Crippen molar-refractivity contribution < 1.29 is 14.3 Å². The molecule has 2 rings (SSSR count). The lowest BCUT2D eigenvalue weighted by Crippen LogP contribution is -2.39. The van der Waals surface area contributed by atoms with Gasteiger partial charge in [-0.2, -0.15) is 0 Å². The SMILES string of the molecule is C=CCC[C@@]1(C(C)=O)C[C@H](C(=C)C)C[C@@H]1OC(=O)c1ccccc1. The second-order valence-corrected chi connectivity index (χ2v) is 6.78. The summed E-state index contributed by atoms with van der Waals surface area (Å²) in [5.41, 5.74) is 0.914. The summed E-state index contributed by atoms with van der Waals surface area (Å²) < 4.78 is 5.82. The van der Waals surface area contributed by atoms with Crippen molar-refractivity contribution in [2.75, 3.05) is 0 Å². The van der Waals surface area contributed by atoms with Crippen LogP contribution in [0.15, 0.2) is 55.1 Å². The molecule has 3 nitrogen and oxygen atoms in total. The molecule has 0 unspecified atom stereocenters. The van der Waals surface area contributed by atoms with Crippen LogP contribution in [0.2, 0.25) is 0 Å². The van der Waals surface area contributed by atoms with Crippen LogP contribution >= 0.6 is 0 Å². The lowest BCUT2D eigenvalue weighted by molar-refractivity contribution is -0.132. The highest BCUT2D eigenvalue weighted by atomic mass is 16.5. The molecule has 3 atom stereocenters. The van der Waals surface area contributed by atoms with Crippen LogP contribution in [-0.2, 0) is 9.53 Å². The van der Waals surface area contributed by atoms with Crippen LogP contribution < -0.4 is 0 Å². The highest BCUT2D eigenvalue weighted by molar-refractivity contribution is 5.90. The van der Waals surface area contributed by atoms with Crippen molar-refractivity contribution in [3.8, 4) is 0 Å². The van der Waals surface area contributed by atoms with E-state index in [2.05, 4.69) is 13.2 Å². The maximum atomic E-state index is 12.5. The fourth-order valence-corrected chi connectivity index (χ4v) is 3.62. The van der Waals surface area contributed by atoms with E-state index >= 15 is 0 Å². The molecule has 0 saturated heterocycles. The zero-order chi connectivity index (χ0) is 17.7. The Kier molecular flexibility index (Phi) is 5.76. The van der Waals surface area contributed by atoms with Crippen LogP contribution in [0, 0.1) is 11.3 Å². The van der Waals surface area contributed by atoms with Gasteiger partial charge >= 0.3 is 5.97 Å². The number of esters is 1. The Morgan fingerprint density at radius 1 is 1.29 bits per heavy atom. The summed E-state index contributed by atoms with van der Waals surface area (Å²) in [6.07, 6.45) is 4.13. The molecular weight excluding hydrogens is 300 g/mol. The van der Waals surface area contributed by atoms with Crippen molar-refractivity contribution in [2.45, 2.75) is 45.6 Å². The number of benzene rings is 1. The van der Waals surface area contributed by atoms with Crippen LogP contribution in [0.4, 0.5) is 0 Å². The van der Waals surface area contributed by atoms with Crippen LogP contribution in [0.5, 0.6) is 0 Å². The van der Waals surface area contributed by atoms with E-state index in [1.807, 2.05) is 19.1 Å². The van der Waals surface area contributed by atoms with Crippen molar-refractivity contribution >= 4 is 11.8 Å². The third-order valence-electron chi connectivity index (χ3n) is 5.18. The Bertz CT molecular complexity index is 632. The summed E-state index contributed by atoms with van der Waals surface area (Å²) in [6, 6.07) is 8.92. The average molecular weight is 326 g/mol. The van der Waals surface area contributed by atoms with Crippen molar-refractivity contribution in [1.29, 1.82) is 0 Å². The summed E-state index contributed by atoms with van der Waals surface area (Å²) in [6.45, 7) is 11.4. The minimum Gasteiger partial charge on any atom is -0.458 e. The zero-order valence-corrected chi connectivity index (χ0v) is 14.6. The molecule has 0 N–H and O–H groups in total. The monoisotopic (exact) mass is 326 g/mol. The number of rotatable bonds is 7. The van der Waals surface area contributed by atoms with E-state index in [0.29, 0.717) is 24.8 Å². The fourth-order valence-electron chi connectivity index (χ4n) is 3.62. The van der Waals surface area contributed by atoms with Gasteiger partial charge in [0.15, 0.2) is 0 Å². The molecule has 0 aromatic heterocycles. The molecule has 0 heterocycles. The Balaban J connectivity index is 2.28. The van der Waals surface area contributed by atoms with Gasteiger partial charge in [-0.3, -0.25) is 4.79 Å². The van der Waals surface area contributed by atoms with E-state index in [1.165, 1.54) is 0 Å². The maximum Gasteiger partial charge on any atom is 0.338 e. The van der Waals surface area contributed by atoms with Gasteiger partial charge in [0.25, 0.3) is 0 Å². The molecule has 1 fully saturated rings. The van der Waals surface area contributed by atoms with Crippen LogP contribution in [-0.4, -0.2) is 17.9 Å². The summed E-state index contributed by atoms with van der Waals surface area (Å²) in [5.74, 6) is -0.0848. The zero-order valence-electron chi connectivity index (χ0n) is 14.6. The first-order chi connectivity index (χ1) is 11.4. The third-order valence-corrected chi connectivity index (χ3v) is 5.18. The molecule has 1 aromatic carbocycles. The quantitative estimate of drug-likeness (QED) is 0.537. The predicted molar refractivity (Wildman–Crippen MR) is 95.7 cm³/mol. The Hall–Kier alpha value is -2.16. The standard InChI is InChI=1S/C21H26O3/c1-5-6-12-21(16(4)22)14-18(15(2)3)13-19(21)24-20(23)17-10-8-7-9-11-17/h5,7-11,18-19H,1-2,6,12-14H2,3-4H3/t18-,19+,21+/m1/s1. The molecule has 0 aliphatic heterocycles. The molecular formula is C21H26O3. The van der Waals surface area contributed by atoms with Gasteiger partial charge < -0.3 is 4.74 Å². The summed E-state index contributed by atoms with van der Waals surface area (Å²) in [7, 11) is 0. The topological polar surface area (TPSA) is 43.4 Å². The average Bonchev–Trinajstić information content (AvgIpc) is 2.94. The fraction of sp³-hybridized carbons (Fsp3) is 0.429. The van der Waals surface area contributed by atoms with Crippen LogP contribution in [0.1, 0.15) is 49.9 Å². The highest BCUT2D eigenvalue weighted by Crippen LogP contribution is 2.50. The number of hydrogen-bond acceptors (Lipinski definition) is 3. The molecule has 0 bridgehead atoms. The molecule has 0 amide bonds. The van der Waals surface area contributed by atoms with Crippen molar-refractivity contribution in [1.82, 2.24) is 0 Å². The van der Waals surface area contributed by atoms with Gasteiger partial charge in [-0.15, -0.1) is 6.58 Å². The van der Waals surface area contributed by atoms with Crippen molar-refractivity contribution in [3.63, 3.8) is 0 Å². The number of carbonyl (C=O) groups excluding carboxylic acids is 2. The minimum absolute atomic E-state index is 0.0824. The van der Waals surface area contributed by atoms with Gasteiger partial charge in [-0.25, -0.2) is 4.79 Å². The third kappa shape index (κ3) is 3.66. The molecule has 0 radical (unpaired) electrons. The number of Topliss-reactive ketones (excluding diaryl/α,β-unsaturated/α-hetero) is 1. The Morgan fingerprint density at radius 3 is 2.50 bits per heavy atom. The number of carbonyl (C=O) groups is 2. The number of ketones is 1. The van der Waals surface area contributed by atoms with Crippen molar-refractivity contribution in [2.24, 2.45) is 11.3 Å². The van der Waals surface area contributed by atoms with Gasteiger partial charge in [0.05, 0.1) is 11.0 Å². The first-order valence-electron chi connectivity index (χ1n) is 8.44. The van der Waals surface area contributed by atoms with E-state index in [4.69, 9.17) is 4.74 Å². The van der Waals surface area contributed by atoms with E-state index in [1.54, 1.807) is 31.2 Å². The highest BCUT2D eigenvalue weighted by Gasteiger charge is 2.52. The summed E-state index contributed by atoms with van der Waals surface area (Å²) in [4.78, 5) is 25.0. The molecule has 1 aliphatic rings. The minimum atomic E-state index is -0.637. The van der Waals surface area contributed by atoms with E-state index in [-0.39, 0.29) is 17.7 Å². The Labute approximate surface area is 144 Å². The lowest BCUT2D eigenvalue weighted by Gasteiger charge is -2.32. The number of allylic oxidation sites excluding steroid dienone is 2. The van der Waals surface area contributed by atoms with E-state index in [0.717, 1.165) is 12.0 Å². The van der Waals surface area contributed by atoms with Crippen LogP contribution in [0.25, 0.3) is 0 Å². The molecule has 1 aliphatic carbocycles. The first-order valence-corrected chi connectivity index (χ1v) is 8.44. The molecule has 1 saturated carbocycles. The molecule has 24 heavy (non-hydrogen) atoms. The van der Waals surface area contributed by atoms with Gasteiger partial charge in [0.2, 0.25) is 0 Å². The lowest BCUT2D eigenvalue weighted by atomic mass is 9.75. The smallest absolute Gasteiger partial charge is 0.338 e. The second kappa shape index (κ2) is 7.61. The predicted octanol–water partition coefficient (Wildman–Crippen LogP) is 4.74. The maximum absolute atomic E-state index is 12.5. The van der Waals surface area contributed by atoms with Crippen molar-refractivity contribution in [3.05, 3.63) is 60.7 Å². The second-order valence-electron chi connectivity index (χ2n) is 6.78. The van der Waals surface area contributed by atoms with E-state index < -0.39 is 11.5 Å².